The number of benzene rings is 7. The van der Waals surface area contributed by atoms with Gasteiger partial charge in [-0.25, -0.2) is 0 Å². The van der Waals surface area contributed by atoms with Crippen molar-refractivity contribution in [3.05, 3.63) is 158 Å². The molecule has 0 spiro atoms. The molecule has 2 aromatic heterocycles. The van der Waals surface area contributed by atoms with Crippen LogP contribution in [0.4, 0.5) is 17.1 Å². The van der Waals surface area contributed by atoms with E-state index in [0.29, 0.717) is 0 Å². The van der Waals surface area contributed by atoms with E-state index in [1.165, 1.54) is 52.8 Å². The van der Waals surface area contributed by atoms with Gasteiger partial charge in [-0.2, -0.15) is 0 Å². The standard InChI is InChI=1S/C40H26N2S/c1-3-12-28(13-4-1)41(30-24-22-27-23-25-38-39(34(27)26-30)33-17-8-10-21-37(33)43-38)36-20-11-18-32-31-16-7-9-19-35(31)42(40(32)36)29-14-5-2-6-15-29/h1-26H. The number of rotatable bonds is 4. The number of hydrogen-bond donors (Lipinski definition) is 0. The SMILES string of the molecule is c1ccc(N(c2ccc3ccc4sc5ccccc5c4c3c2)c2cccc3c4ccccc4n(-c4ccccc4)c23)cc1. The van der Waals surface area contributed by atoms with Crippen molar-refractivity contribution in [3.63, 3.8) is 0 Å². The maximum absolute atomic E-state index is 2.42. The topological polar surface area (TPSA) is 8.17 Å². The number of aromatic nitrogens is 1. The Morgan fingerprint density at radius 2 is 1.16 bits per heavy atom. The molecule has 0 aliphatic carbocycles. The molecule has 0 aliphatic rings. The lowest BCUT2D eigenvalue weighted by Gasteiger charge is -2.27. The average Bonchev–Trinajstić information content (AvgIpc) is 3.63. The monoisotopic (exact) mass is 566 g/mol. The highest BCUT2D eigenvalue weighted by molar-refractivity contribution is 7.26. The molecular formula is C40H26N2S. The number of thiophene rings is 1. The summed E-state index contributed by atoms with van der Waals surface area (Å²) in [5, 5.41) is 7.69. The predicted octanol–water partition coefficient (Wildman–Crippen LogP) is 11.8. The first-order valence-electron chi connectivity index (χ1n) is 14.6. The van der Waals surface area contributed by atoms with Gasteiger partial charge in [-0.3, -0.25) is 0 Å². The molecule has 9 aromatic rings. The van der Waals surface area contributed by atoms with Crippen LogP contribution in [0.15, 0.2) is 158 Å². The Balaban J connectivity index is 1.39. The molecule has 0 saturated heterocycles. The van der Waals surface area contributed by atoms with Crippen LogP contribution in [-0.4, -0.2) is 4.57 Å². The van der Waals surface area contributed by atoms with E-state index in [2.05, 4.69) is 167 Å². The van der Waals surface area contributed by atoms with Crippen molar-refractivity contribution in [2.24, 2.45) is 0 Å². The van der Waals surface area contributed by atoms with E-state index < -0.39 is 0 Å². The Labute approximate surface area is 253 Å². The molecule has 0 amide bonds. The van der Waals surface area contributed by atoms with Gasteiger partial charge in [-0.15, -0.1) is 11.3 Å². The van der Waals surface area contributed by atoms with E-state index >= 15 is 0 Å². The highest BCUT2D eigenvalue weighted by Gasteiger charge is 2.21. The second-order valence-electron chi connectivity index (χ2n) is 11.0. The molecule has 0 radical (unpaired) electrons. The van der Waals surface area contributed by atoms with E-state index in [4.69, 9.17) is 0 Å². The third kappa shape index (κ3) is 3.72. The summed E-state index contributed by atoms with van der Waals surface area (Å²) in [6, 6.07) is 57.2. The molecule has 2 nitrogen and oxygen atoms in total. The molecule has 9 rings (SSSR count). The number of anilines is 3. The third-order valence-electron chi connectivity index (χ3n) is 8.54. The van der Waals surface area contributed by atoms with Gasteiger partial charge in [-0.1, -0.05) is 97.1 Å². The van der Waals surface area contributed by atoms with Crippen LogP contribution in [0.25, 0.3) is 58.4 Å². The zero-order valence-electron chi connectivity index (χ0n) is 23.3. The molecule has 43 heavy (non-hydrogen) atoms. The minimum absolute atomic E-state index is 1.13. The van der Waals surface area contributed by atoms with Crippen LogP contribution >= 0.6 is 11.3 Å². The van der Waals surface area contributed by atoms with E-state index in [1.54, 1.807) is 0 Å². The molecule has 7 aromatic carbocycles. The number of hydrogen-bond acceptors (Lipinski definition) is 2. The zero-order chi connectivity index (χ0) is 28.3. The van der Waals surface area contributed by atoms with Gasteiger partial charge < -0.3 is 9.47 Å². The van der Waals surface area contributed by atoms with Crippen LogP contribution in [0.1, 0.15) is 0 Å². The smallest absolute Gasteiger partial charge is 0.0782 e. The molecule has 2 heterocycles. The van der Waals surface area contributed by atoms with E-state index in [9.17, 15) is 0 Å². The van der Waals surface area contributed by atoms with Crippen LogP contribution in [0.3, 0.4) is 0 Å². The summed E-state index contributed by atoms with van der Waals surface area (Å²) in [6.45, 7) is 0. The van der Waals surface area contributed by atoms with Gasteiger partial charge >= 0.3 is 0 Å². The second-order valence-corrected chi connectivity index (χ2v) is 12.1. The molecule has 0 unspecified atom stereocenters. The Bertz CT molecular complexity index is 2450. The Hall–Kier alpha value is -5.38. The first-order valence-corrected chi connectivity index (χ1v) is 15.4. The Kier molecular flexibility index (Phi) is 5.40. The van der Waals surface area contributed by atoms with Crippen molar-refractivity contribution in [2.75, 3.05) is 4.90 Å². The first-order chi connectivity index (χ1) is 21.3. The summed E-state index contributed by atoms with van der Waals surface area (Å²) in [5.74, 6) is 0. The lowest BCUT2D eigenvalue weighted by atomic mass is 10.0. The number of nitrogens with zero attached hydrogens (tertiary/aromatic N) is 2. The quantitative estimate of drug-likeness (QED) is 0.206. The van der Waals surface area contributed by atoms with Gasteiger partial charge in [0.25, 0.3) is 0 Å². The predicted molar refractivity (Wildman–Crippen MR) is 186 cm³/mol. The fraction of sp³-hybridized carbons (Fsp3) is 0. The second kappa shape index (κ2) is 9.59. The Morgan fingerprint density at radius 1 is 0.465 bits per heavy atom. The molecule has 0 N–H and O–H groups in total. The minimum atomic E-state index is 1.13. The number of para-hydroxylation sites is 4. The van der Waals surface area contributed by atoms with Gasteiger partial charge in [0.1, 0.15) is 0 Å². The van der Waals surface area contributed by atoms with Gasteiger partial charge in [0, 0.05) is 48.0 Å². The van der Waals surface area contributed by atoms with Crippen LogP contribution in [0.2, 0.25) is 0 Å². The van der Waals surface area contributed by atoms with E-state index in [1.807, 2.05) is 11.3 Å². The van der Waals surface area contributed by atoms with Crippen molar-refractivity contribution < 1.29 is 0 Å². The van der Waals surface area contributed by atoms with E-state index in [-0.39, 0.29) is 0 Å². The summed E-state index contributed by atoms with van der Waals surface area (Å²) < 4.78 is 5.07. The molecule has 202 valence electrons. The highest BCUT2D eigenvalue weighted by atomic mass is 32.1. The summed E-state index contributed by atoms with van der Waals surface area (Å²) >= 11 is 1.87. The fourth-order valence-electron chi connectivity index (χ4n) is 6.70. The highest BCUT2D eigenvalue weighted by Crippen LogP contribution is 2.45. The zero-order valence-corrected chi connectivity index (χ0v) is 24.1. The normalized spacial score (nSPS) is 11.7. The largest absolute Gasteiger partial charge is 0.308 e. The summed E-state index contributed by atoms with van der Waals surface area (Å²) in [5.41, 5.74) is 6.96. The molecule has 0 atom stereocenters. The summed E-state index contributed by atoms with van der Waals surface area (Å²) in [6.07, 6.45) is 0. The van der Waals surface area contributed by atoms with Crippen molar-refractivity contribution in [3.8, 4) is 5.69 Å². The molecule has 0 fully saturated rings. The summed E-state index contributed by atoms with van der Waals surface area (Å²) in [4.78, 5) is 2.42. The van der Waals surface area contributed by atoms with Crippen LogP contribution < -0.4 is 4.90 Å². The average molecular weight is 567 g/mol. The van der Waals surface area contributed by atoms with Gasteiger partial charge in [0.2, 0.25) is 0 Å². The minimum Gasteiger partial charge on any atom is -0.308 e. The van der Waals surface area contributed by atoms with Crippen molar-refractivity contribution in [2.45, 2.75) is 0 Å². The van der Waals surface area contributed by atoms with Crippen molar-refractivity contribution >= 4 is 81.1 Å². The van der Waals surface area contributed by atoms with Crippen LogP contribution in [0.5, 0.6) is 0 Å². The van der Waals surface area contributed by atoms with Crippen LogP contribution in [-0.2, 0) is 0 Å². The third-order valence-corrected chi connectivity index (χ3v) is 9.68. The van der Waals surface area contributed by atoms with Gasteiger partial charge in [0.15, 0.2) is 0 Å². The lowest BCUT2D eigenvalue weighted by molar-refractivity contribution is 1.17. The molecular weight excluding hydrogens is 541 g/mol. The maximum Gasteiger partial charge on any atom is 0.0782 e. The molecule has 3 heteroatoms. The molecule has 0 aliphatic heterocycles. The van der Waals surface area contributed by atoms with E-state index in [0.717, 1.165) is 22.7 Å². The maximum atomic E-state index is 2.42. The van der Waals surface area contributed by atoms with Crippen LogP contribution in [0, 0.1) is 0 Å². The lowest BCUT2D eigenvalue weighted by Crippen LogP contribution is -2.11. The first kappa shape index (κ1) is 24.2. The van der Waals surface area contributed by atoms with Crippen molar-refractivity contribution in [1.29, 1.82) is 0 Å². The fourth-order valence-corrected chi connectivity index (χ4v) is 7.82. The van der Waals surface area contributed by atoms with Crippen molar-refractivity contribution in [1.82, 2.24) is 4.57 Å². The molecule has 0 bridgehead atoms. The number of fused-ring (bicyclic) bond motifs is 8. The van der Waals surface area contributed by atoms with Gasteiger partial charge in [-0.05, 0) is 71.4 Å². The molecule has 0 saturated carbocycles. The summed E-state index contributed by atoms with van der Waals surface area (Å²) in [7, 11) is 0. The van der Waals surface area contributed by atoms with Gasteiger partial charge in [0.05, 0.1) is 16.7 Å². The Morgan fingerprint density at radius 3 is 2.02 bits per heavy atom.